The zero-order valence-corrected chi connectivity index (χ0v) is 21.8. The molecule has 0 unspecified atom stereocenters. The Morgan fingerprint density at radius 2 is 1.75 bits per heavy atom. The van der Waals surface area contributed by atoms with Gasteiger partial charge in [0.15, 0.2) is 11.5 Å². The Hall–Kier alpha value is -3.45. The number of hydrogen-bond acceptors (Lipinski definition) is 5. The first-order valence-corrected chi connectivity index (χ1v) is 13.7. The second-order valence-corrected chi connectivity index (χ2v) is 11.4. The molecule has 3 aromatic rings. The van der Waals surface area contributed by atoms with Crippen molar-refractivity contribution in [3.8, 4) is 11.5 Å². The molecule has 0 amide bonds. The summed E-state index contributed by atoms with van der Waals surface area (Å²) >= 11 is 0. The third-order valence-corrected chi connectivity index (χ3v) is 8.62. The van der Waals surface area contributed by atoms with Crippen LogP contribution < -0.4 is 19.5 Å². The average Bonchev–Trinajstić information content (AvgIpc) is 3.38. The summed E-state index contributed by atoms with van der Waals surface area (Å²) in [5.74, 6) is 2.13. The highest BCUT2D eigenvalue weighted by Crippen LogP contribution is 2.52. The summed E-state index contributed by atoms with van der Waals surface area (Å²) in [4.78, 5) is 0.257. The minimum Gasteiger partial charge on any atom is -0.493 e. The maximum atomic E-state index is 13.3. The smallest absolute Gasteiger partial charge is 0.261 e. The molecule has 0 fully saturated rings. The van der Waals surface area contributed by atoms with E-state index in [9.17, 15) is 8.42 Å². The van der Waals surface area contributed by atoms with E-state index in [0.717, 1.165) is 29.0 Å². The fraction of sp³-hybridized carbons (Fsp3) is 0.310. The molecule has 1 aliphatic carbocycles. The number of allylic oxidation sites excluding steroid dienone is 2. The van der Waals surface area contributed by atoms with Crippen molar-refractivity contribution < 1.29 is 17.9 Å². The molecule has 0 aromatic heterocycles. The molecule has 5 rings (SSSR count). The van der Waals surface area contributed by atoms with Crippen LogP contribution in [0, 0.1) is 5.92 Å². The van der Waals surface area contributed by atoms with Gasteiger partial charge >= 0.3 is 0 Å². The van der Waals surface area contributed by atoms with Crippen LogP contribution in [-0.2, 0) is 10.0 Å². The third-order valence-electron chi connectivity index (χ3n) is 7.24. The van der Waals surface area contributed by atoms with Crippen molar-refractivity contribution in [2.75, 3.05) is 24.3 Å². The van der Waals surface area contributed by atoms with E-state index in [0.29, 0.717) is 17.4 Å². The van der Waals surface area contributed by atoms with Crippen LogP contribution in [-0.4, -0.2) is 22.6 Å². The molecule has 188 valence electrons. The molecule has 0 bridgehead atoms. The number of ether oxygens (including phenoxy) is 2. The predicted octanol–water partition coefficient (Wildman–Crippen LogP) is 6.45. The Morgan fingerprint density at radius 3 is 2.44 bits per heavy atom. The number of fused-ring (bicyclic) bond motifs is 3. The van der Waals surface area contributed by atoms with Gasteiger partial charge in [-0.15, -0.1) is 0 Å². The van der Waals surface area contributed by atoms with Crippen LogP contribution in [0.15, 0.2) is 77.7 Å². The van der Waals surface area contributed by atoms with Gasteiger partial charge in [-0.3, -0.25) is 4.72 Å². The Balaban J connectivity index is 1.47. The van der Waals surface area contributed by atoms with E-state index >= 15 is 0 Å². The van der Waals surface area contributed by atoms with Crippen molar-refractivity contribution in [1.29, 1.82) is 0 Å². The zero-order chi connectivity index (χ0) is 25.4. The van der Waals surface area contributed by atoms with Crippen LogP contribution in [0.4, 0.5) is 11.4 Å². The van der Waals surface area contributed by atoms with Gasteiger partial charge in [-0.1, -0.05) is 50.3 Å². The van der Waals surface area contributed by atoms with Crippen molar-refractivity contribution in [3.05, 3.63) is 89.5 Å². The summed E-state index contributed by atoms with van der Waals surface area (Å²) in [5.41, 5.74) is 4.67. The molecule has 6 nitrogen and oxygen atoms in total. The highest BCUT2D eigenvalue weighted by molar-refractivity contribution is 7.92. The lowest BCUT2D eigenvalue weighted by atomic mass is 9.77. The van der Waals surface area contributed by atoms with Gasteiger partial charge in [-0.05, 0) is 65.8 Å². The molecule has 0 radical (unpaired) electrons. The van der Waals surface area contributed by atoms with E-state index in [4.69, 9.17) is 9.47 Å². The Bertz CT molecular complexity index is 1400. The normalized spacial score (nSPS) is 20.4. The van der Waals surface area contributed by atoms with Gasteiger partial charge in [-0.25, -0.2) is 8.42 Å². The molecule has 3 aromatic carbocycles. The molecule has 1 heterocycles. The fourth-order valence-corrected chi connectivity index (χ4v) is 6.45. The average molecular weight is 505 g/mol. The van der Waals surface area contributed by atoms with Gasteiger partial charge in [0, 0.05) is 22.9 Å². The van der Waals surface area contributed by atoms with Gasteiger partial charge in [0.2, 0.25) is 0 Å². The molecule has 0 spiro atoms. The van der Waals surface area contributed by atoms with Gasteiger partial charge < -0.3 is 14.8 Å². The summed E-state index contributed by atoms with van der Waals surface area (Å²) in [6, 6.07) is 18.8. The van der Waals surface area contributed by atoms with Crippen molar-refractivity contribution >= 4 is 21.4 Å². The summed E-state index contributed by atoms with van der Waals surface area (Å²) in [5, 5.41) is 3.67. The third kappa shape index (κ3) is 4.32. The molecule has 2 N–H and O–H groups in total. The molecule has 2 aliphatic rings. The molecule has 0 saturated heterocycles. The zero-order valence-electron chi connectivity index (χ0n) is 21.0. The minimum absolute atomic E-state index is 0.00241. The van der Waals surface area contributed by atoms with E-state index < -0.39 is 10.0 Å². The van der Waals surface area contributed by atoms with Crippen molar-refractivity contribution in [3.63, 3.8) is 0 Å². The van der Waals surface area contributed by atoms with Crippen LogP contribution in [0.3, 0.4) is 0 Å². The van der Waals surface area contributed by atoms with E-state index in [1.807, 2.05) is 42.5 Å². The first-order valence-electron chi connectivity index (χ1n) is 12.2. The van der Waals surface area contributed by atoms with Gasteiger partial charge in [0.1, 0.15) is 0 Å². The standard InChI is InChI=1S/C29H32N2O4S/c1-18(2)19-11-13-20(14-12-19)31-36(32,33)21-15-16-26-25(17-21)22-7-5-8-23(22)28(30-26)24-9-6-10-27(34-3)29(24)35-4/h5-7,9-18,22-23,28,30-31H,8H2,1-4H3/t22-,23+,28-/m0/s1. The van der Waals surface area contributed by atoms with Crippen molar-refractivity contribution in [2.24, 2.45) is 5.92 Å². The molecule has 7 heteroatoms. The lowest BCUT2D eigenvalue weighted by molar-refractivity contribution is 0.341. The van der Waals surface area contributed by atoms with Crippen LogP contribution in [0.2, 0.25) is 0 Å². The van der Waals surface area contributed by atoms with Crippen LogP contribution in [0.25, 0.3) is 0 Å². The topological polar surface area (TPSA) is 76.7 Å². The molecule has 0 saturated carbocycles. The Labute approximate surface area is 213 Å². The minimum atomic E-state index is -3.73. The molecule has 3 atom stereocenters. The monoisotopic (exact) mass is 504 g/mol. The largest absolute Gasteiger partial charge is 0.493 e. The highest BCUT2D eigenvalue weighted by Gasteiger charge is 2.40. The Morgan fingerprint density at radius 1 is 0.972 bits per heavy atom. The fourth-order valence-electron chi connectivity index (χ4n) is 5.35. The van der Waals surface area contributed by atoms with Crippen LogP contribution >= 0.6 is 0 Å². The number of hydrogen-bond donors (Lipinski definition) is 2. The number of rotatable bonds is 7. The van der Waals surface area contributed by atoms with Gasteiger partial charge in [0.25, 0.3) is 10.0 Å². The Kier molecular flexibility index (Phi) is 6.43. The summed E-state index contributed by atoms with van der Waals surface area (Å²) in [7, 11) is -0.438. The van der Waals surface area contributed by atoms with Crippen LogP contribution in [0.1, 0.15) is 54.8 Å². The molecular weight excluding hydrogens is 472 g/mol. The van der Waals surface area contributed by atoms with Crippen molar-refractivity contribution in [2.45, 2.75) is 43.0 Å². The number of methoxy groups -OCH3 is 2. The number of para-hydroxylation sites is 1. The van der Waals surface area contributed by atoms with Gasteiger partial charge in [-0.2, -0.15) is 0 Å². The quantitative estimate of drug-likeness (QED) is 0.362. The molecule has 36 heavy (non-hydrogen) atoms. The summed E-state index contributed by atoms with van der Waals surface area (Å²) in [6.07, 6.45) is 5.26. The van der Waals surface area contributed by atoms with E-state index in [1.165, 1.54) is 5.56 Å². The maximum absolute atomic E-state index is 13.3. The van der Waals surface area contributed by atoms with E-state index in [1.54, 1.807) is 26.4 Å². The second kappa shape index (κ2) is 9.54. The number of benzene rings is 3. The van der Waals surface area contributed by atoms with Crippen LogP contribution in [0.5, 0.6) is 11.5 Å². The summed E-state index contributed by atoms with van der Waals surface area (Å²) < 4.78 is 40.5. The highest BCUT2D eigenvalue weighted by atomic mass is 32.2. The first-order chi connectivity index (χ1) is 17.3. The number of nitrogens with one attached hydrogen (secondary N) is 2. The number of anilines is 2. The second-order valence-electron chi connectivity index (χ2n) is 9.69. The molecule has 1 aliphatic heterocycles. The number of sulfonamides is 1. The predicted molar refractivity (Wildman–Crippen MR) is 144 cm³/mol. The maximum Gasteiger partial charge on any atom is 0.261 e. The van der Waals surface area contributed by atoms with E-state index in [2.05, 4.69) is 42.1 Å². The van der Waals surface area contributed by atoms with Crippen molar-refractivity contribution in [1.82, 2.24) is 0 Å². The SMILES string of the molecule is COc1cccc([C@H]2Nc3ccc(S(=O)(=O)Nc4ccc(C(C)C)cc4)cc3[C@H]3C=CC[C@H]32)c1OC. The molecular formula is C29H32N2O4S. The lowest BCUT2D eigenvalue weighted by Gasteiger charge is -2.38. The van der Waals surface area contributed by atoms with Gasteiger partial charge in [0.05, 0.1) is 25.2 Å². The summed E-state index contributed by atoms with van der Waals surface area (Å²) in [6.45, 7) is 4.22. The lowest BCUT2D eigenvalue weighted by Crippen LogP contribution is -2.29. The van der Waals surface area contributed by atoms with E-state index in [-0.39, 0.29) is 22.8 Å². The first kappa shape index (κ1) is 24.3.